The van der Waals surface area contributed by atoms with E-state index >= 15 is 0 Å². The molecule has 0 fully saturated rings. The number of aryl methyl sites for hydroxylation is 1. The molecule has 1 aromatic carbocycles. The fraction of sp³-hybridized carbons (Fsp3) is 0.385. The lowest BCUT2D eigenvalue weighted by Gasteiger charge is -2.18. The topological polar surface area (TPSA) is 66.4 Å². The zero-order valence-electron chi connectivity index (χ0n) is 10.5. The Labute approximate surface area is 115 Å². The number of rotatable bonds is 4. The number of hydrogen-bond acceptors (Lipinski definition) is 2. The molecule has 5 heteroatoms. The van der Waals surface area contributed by atoms with Gasteiger partial charge in [-0.25, -0.2) is 0 Å². The highest BCUT2D eigenvalue weighted by molar-refractivity contribution is 9.10. The van der Waals surface area contributed by atoms with Crippen LogP contribution in [0.5, 0.6) is 0 Å². The first-order chi connectivity index (χ1) is 8.32. The predicted octanol–water partition coefficient (Wildman–Crippen LogP) is 2.60. The van der Waals surface area contributed by atoms with Gasteiger partial charge < -0.3 is 10.4 Å². The maximum atomic E-state index is 11.9. The lowest BCUT2D eigenvalue weighted by Crippen LogP contribution is -2.40. The van der Waals surface area contributed by atoms with Crippen molar-refractivity contribution < 1.29 is 14.7 Å². The van der Waals surface area contributed by atoms with Crippen LogP contribution < -0.4 is 5.32 Å². The lowest BCUT2D eigenvalue weighted by molar-refractivity contribution is -0.141. The normalized spacial score (nSPS) is 13.8. The summed E-state index contributed by atoms with van der Waals surface area (Å²) in [6.45, 7) is 5.15. The summed E-state index contributed by atoms with van der Waals surface area (Å²) in [6.07, 6.45) is 0. The smallest absolute Gasteiger partial charge is 0.308 e. The van der Waals surface area contributed by atoms with Crippen LogP contribution in [0.1, 0.15) is 29.8 Å². The molecule has 2 N–H and O–H groups in total. The minimum atomic E-state index is -0.921. The van der Waals surface area contributed by atoms with Crippen molar-refractivity contribution in [1.29, 1.82) is 0 Å². The Morgan fingerprint density at radius 3 is 2.44 bits per heavy atom. The minimum absolute atomic E-state index is 0.258. The van der Waals surface area contributed by atoms with E-state index in [1.165, 1.54) is 0 Å². The Bertz CT molecular complexity index is 473. The summed E-state index contributed by atoms with van der Waals surface area (Å²) < 4.78 is 0.936. The van der Waals surface area contributed by atoms with E-state index in [4.69, 9.17) is 5.11 Å². The van der Waals surface area contributed by atoms with Gasteiger partial charge in [0.2, 0.25) is 0 Å². The molecule has 1 amide bonds. The molecule has 1 aromatic rings. The van der Waals surface area contributed by atoms with E-state index in [0.29, 0.717) is 5.56 Å². The molecule has 0 aliphatic heterocycles. The van der Waals surface area contributed by atoms with Gasteiger partial charge in [-0.2, -0.15) is 0 Å². The molecule has 0 radical (unpaired) electrons. The molecule has 0 aliphatic carbocycles. The first-order valence-electron chi connectivity index (χ1n) is 5.62. The summed E-state index contributed by atoms with van der Waals surface area (Å²) in [5.41, 5.74) is 1.49. The van der Waals surface area contributed by atoms with E-state index in [1.54, 1.807) is 32.0 Å². The van der Waals surface area contributed by atoms with Crippen molar-refractivity contribution >= 4 is 27.8 Å². The second-order valence-electron chi connectivity index (χ2n) is 4.35. The zero-order valence-corrected chi connectivity index (χ0v) is 12.1. The number of halogens is 1. The van der Waals surface area contributed by atoms with Crippen LogP contribution in [0.25, 0.3) is 0 Å². The Balaban J connectivity index is 2.76. The molecule has 0 heterocycles. The molecule has 0 bridgehead atoms. The summed E-state index contributed by atoms with van der Waals surface area (Å²) in [5.74, 6) is -1.80. The number of carboxylic acids is 1. The molecule has 0 saturated heterocycles. The molecule has 2 atom stereocenters. The molecule has 1 rings (SSSR count). The number of hydrogen-bond donors (Lipinski definition) is 2. The third kappa shape index (κ3) is 3.57. The van der Waals surface area contributed by atoms with Gasteiger partial charge in [0.05, 0.1) is 5.92 Å². The van der Waals surface area contributed by atoms with Gasteiger partial charge >= 0.3 is 5.97 Å². The molecule has 0 aromatic heterocycles. The number of benzene rings is 1. The number of carboxylic acid groups (broad SMARTS) is 1. The van der Waals surface area contributed by atoms with Gasteiger partial charge in [0.1, 0.15) is 0 Å². The average molecular weight is 314 g/mol. The maximum Gasteiger partial charge on any atom is 0.308 e. The van der Waals surface area contributed by atoms with E-state index in [-0.39, 0.29) is 5.91 Å². The molecule has 0 aliphatic rings. The van der Waals surface area contributed by atoms with Gasteiger partial charge in [0.15, 0.2) is 0 Å². The zero-order chi connectivity index (χ0) is 13.9. The van der Waals surface area contributed by atoms with Crippen molar-refractivity contribution in [2.45, 2.75) is 26.8 Å². The summed E-state index contributed by atoms with van der Waals surface area (Å²) in [5, 5.41) is 11.5. The van der Waals surface area contributed by atoms with Crippen molar-refractivity contribution in [3.8, 4) is 0 Å². The lowest BCUT2D eigenvalue weighted by atomic mass is 10.0. The molecular formula is C13H16BrNO3. The van der Waals surface area contributed by atoms with Gasteiger partial charge in [-0.05, 0) is 44.5 Å². The van der Waals surface area contributed by atoms with Crippen LogP contribution in [0.15, 0.2) is 22.7 Å². The average Bonchev–Trinajstić information content (AvgIpc) is 2.31. The van der Waals surface area contributed by atoms with Gasteiger partial charge in [-0.3, -0.25) is 9.59 Å². The summed E-state index contributed by atoms with van der Waals surface area (Å²) >= 11 is 3.36. The molecule has 98 valence electrons. The first-order valence-corrected chi connectivity index (χ1v) is 6.42. The number of carbonyl (C=O) groups is 2. The highest BCUT2D eigenvalue weighted by atomic mass is 79.9. The summed E-state index contributed by atoms with van der Waals surface area (Å²) in [6, 6.07) is 4.84. The fourth-order valence-electron chi connectivity index (χ4n) is 1.41. The first kappa shape index (κ1) is 14.7. The van der Waals surface area contributed by atoms with Crippen LogP contribution >= 0.6 is 15.9 Å². The maximum absolute atomic E-state index is 11.9. The highest BCUT2D eigenvalue weighted by Gasteiger charge is 2.21. The SMILES string of the molecule is Cc1cc(C(=O)NC(C)C(C)C(=O)O)ccc1Br. The third-order valence-corrected chi connectivity index (χ3v) is 3.81. The van der Waals surface area contributed by atoms with E-state index in [0.717, 1.165) is 10.0 Å². The highest BCUT2D eigenvalue weighted by Crippen LogP contribution is 2.17. The predicted molar refractivity (Wildman–Crippen MR) is 72.6 cm³/mol. The van der Waals surface area contributed by atoms with Crippen molar-refractivity contribution in [1.82, 2.24) is 5.32 Å². The van der Waals surface area contributed by atoms with Crippen molar-refractivity contribution in [2.75, 3.05) is 0 Å². The summed E-state index contributed by atoms with van der Waals surface area (Å²) in [7, 11) is 0. The summed E-state index contributed by atoms with van der Waals surface area (Å²) in [4.78, 5) is 22.7. The van der Waals surface area contributed by atoms with Crippen LogP contribution in [-0.2, 0) is 4.79 Å². The third-order valence-electron chi connectivity index (χ3n) is 2.92. The van der Waals surface area contributed by atoms with E-state index < -0.39 is 17.9 Å². The van der Waals surface area contributed by atoms with Gasteiger partial charge in [-0.15, -0.1) is 0 Å². The second kappa shape index (κ2) is 6.00. The Hall–Kier alpha value is -1.36. The quantitative estimate of drug-likeness (QED) is 0.898. The van der Waals surface area contributed by atoms with Crippen LogP contribution in [0.3, 0.4) is 0 Å². The van der Waals surface area contributed by atoms with E-state index in [1.807, 2.05) is 6.92 Å². The van der Waals surface area contributed by atoms with Crippen LogP contribution in [0, 0.1) is 12.8 Å². The van der Waals surface area contributed by atoms with Crippen molar-refractivity contribution in [3.63, 3.8) is 0 Å². The Morgan fingerprint density at radius 2 is 1.94 bits per heavy atom. The molecule has 0 saturated carbocycles. The van der Waals surface area contributed by atoms with Crippen molar-refractivity contribution in [3.05, 3.63) is 33.8 Å². The molecule has 18 heavy (non-hydrogen) atoms. The van der Waals surface area contributed by atoms with Crippen molar-refractivity contribution in [2.24, 2.45) is 5.92 Å². The van der Waals surface area contributed by atoms with E-state index in [2.05, 4.69) is 21.2 Å². The monoisotopic (exact) mass is 313 g/mol. The Kier molecular flexibility index (Phi) is 4.90. The minimum Gasteiger partial charge on any atom is -0.481 e. The van der Waals surface area contributed by atoms with E-state index in [9.17, 15) is 9.59 Å². The number of nitrogens with one attached hydrogen (secondary N) is 1. The molecule has 0 spiro atoms. The number of amides is 1. The number of aliphatic carboxylic acids is 1. The molecule has 4 nitrogen and oxygen atoms in total. The molecule has 2 unspecified atom stereocenters. The second-order valence-corrected chi connectivity index (χ2v) is 5.21. The van der Waals surface area contributed by atoms with Gasteiger partial charge in [-0.1, -0.05) is 15.9 Å². The van der Waals surface area contributed by atoms with Crippen LogP contribution in [-0.4, -0.2) is 23.0 Å². The largest absolute Gasteiger partial charge is 0.481 e. The molecular weight excluding hydrogens is 298 g/mol. The van der Waals surface area contributed by atoms with Gasteiger partial charge in [0, 0.05) is 16.1 Å². The van der Waals surface area contributed by atoms with Gasteiger partial charge in [0.25, 0.3) is 5.91 Å². The van der Waals surface area contributed by atoms with Crippen LogP contribution in [0.4, 0.5) is 0 Å². The number of carbonyl (C=O) groups excluding carboxylic acids is 1. The van der Waals surface area contributed by atoms with Crippen LogP contribution in [0.2, 0.25) is 0 Å². The standard InChI is InChI=1S/C13H16BrNO3/c1-7-6-10(4-5-11(7)14)12(16)15-9(3)8(2)13(17)18/h4-6,8-9H,1-3H3,(H,15,16)(H,17,18). The Morgan fingerprint density at radius 1 is 1.33 bits per heavy atom. The fourth-order valence-corrected chi connectivity index (χ4v) is 1.66.